The monoisotopic (exact) mass is 357 g/mol. The van der Waals surface area contributed by atoms with E-state index in [0.717, 1.165) is 4.47 Å². The van der Waals surface area contributed by atoms with Crippen molar-refractivity contribution in [3.8, 4) is 0 Å². The fraction of sp³-hybridized carbons (Fsp3) is 0.400. The van der Waals surface area contributed by atoms with Gasteiger partial charge in [0.05, 0.1) is 5.52 Å². The highest BCUT2D eigenvalue weighted by Gasteiger charge is 2.19. The van der Waals surface area contributed by atoms with Gasteiger partial charge >= 0.3 is 0 Å². The highest BCUT2D eigenvalue weighted by Crippen LogP contribution is 2.37. The van der Waals surface area contributed by atoms with Crippen LogP contribution in [-0.4, -0.2) is 4.98 Å². The fourth-order valence-corrected chi connectivity index (χ4v) is 3.42. The van der Waals surface area contributed by atoms with Crippen LogP contribution < -0.4 is 0 Å². The van der Waals surface area contributed by atoms with Crippen molar-refractivity contribution in [3.63, 3.8) is 0 Å². The largest absolute Gasteiger partial charge is 0.354 e. The predicted molar refractivity (Wildman–Crippen MR) is 101 cm³/mol. The molecule has 0 amide bonds. The minimum Gasteiger partial charge on any atom is -0.354 e. The van der Waals surface area contributed by atoms with Crippen molar-refractivity contribution < 1.29 is 0 Å². The summed E-state index contributed by atoms with van der Waals surface area (Å²) in [5.74, 6) is 0. The SMILES string of the molecule is CC(C)(C)c1ccc2[nH]c3c(Br)cc(C(C)(C)C)cc3c2c1. The Kier molecular flexibility index (Phi) is 3.45. The van der Waals surface area contributed by atoms with E-state index in [1.165, 1.54) is 32.9 Å². The molecule has 0 aliphatic carbocycles. The Labute approximate surface area is 141 Å². The first-order valence-corrected chi connectivity index (χ1v) is 8.62. The van der Waals surface area contributed by atoms with Crippen molar-refractivity contribution >= 4 is 37.7 Å². The Balaban J connectivity index is 2.37. The second kappa shape index (κ2) is 4.86. The third-order valence-corrected chi connectivity index (χ3v) is 5.02. The first-order valence-electron chi connectivity index (χ1n) is 7.83. The van der Waals surface area contributed by atoms with E-state index in [-0.39, 0.29) is 10.8 Å². The molecule has 1 heterocycles. The Morgan fingerprint density at radius 1 is 0.773 bits per heavy atom. The van der Waals surface area contributed by atoms with Crippen LogP contribution in [-0.2, 0) is 10.8 Å². The van der Waals surface area contributed by atoms with Crippen molar-refractivity contribution in [2.45, 2.75) is 52.4 Å². The van der Waals surface area contributed by atoms with Gasteiger partial charge in [0.15, 0.2) is 0 Å². The molecule has 2 aromatic carbocycles. The van der Waals surface area contributed by atoms with Crippen molar-refractivity contribution in [2.24, 2.45) is 0 Å². The minimum atomic E-state index is 0.141. The summed E-state index contributed by atoms with van der Waals surface area (Å²) >= 11 is 3.75. The van der Waals surface area contributed by atoms with Gasteiger partial charge in [0, 0.05) is 20.8 Å². The average Bonchev–Trinajstić information content (AvgIpc) is 2.75. The number of hydrogen-bond donors (Lipinski definition) is 1. The molecule has 0 aliphatic heterocycles. The summed E-state index contributed by atoms with van der Waals surface area (Å²) in [4.78, 5) is 3.56. The maximum atomic E-state index is 3.75. The maximum absolute atomic E-state index is 3.75. The van der Waals surface area contributed by atoms with Crippen molar-refractivity contribution in [1.29, 1.82) is 0 Å². The highest BCUT2D eigenvalue weighted by atomic mass is 79.9. The standard InChI is InChI=1S/C20H24BrN/c1-19(2,3)12-7-8-17-14(9-12)15-10-13(20(4,5)6)11-16(21)18(15)22-17/h7-11,22H,1-6H3. The molecule has 0 aliphatic rings. The van der Waals surface area contributed by atoms with Crippen LogP contribution >= 0.6 is 15.9 Å². The van der Waals surface area contributed by atoms with Gasteiger partial charge in [-0.05, 0) is 62.2 Å². The lowest BCUT2D eigenvalue weighted by Crippen LogP contribution is -2.11. The van der Waals surface area contributed by atoms with Crippen LogP contribution in [0.1, 0.15) is 52.7 Å². The molecule has 1 N–H and O–H groups in total. The molecule has 0 unspecified atom stereocenters. The molecule has 0 spiro atoms. The first-order chi connectivity index (χ1) is 10.1. The Morgan fingerprint density at radius 2 is 1.36 bits per heavy atom. The predicted octanol–water partition coefficient (Wildman–Crippen LogP) is 6.68. The van der Waals surface area contributed by atoms with Crippen LogP contribution in [0.3, 0.4) is 0 Å². The van der Waals surface area contributed by atoms with E-state index in [4.69, 9.17) is 0 Å². The van der Waals surface area contributed by atoms with E-state index in [1.54, 1.807) is 0 Å². The second-order valence-corrected chi connectivity index (χ2v) is 9.12. The number of aromatic amines is 1. The van der Waals surface area contributed by atoms with Crippen LogP contribution in [0.15, 0.2) is 34.8 Å². The van der Waals surface area contributed by atoms with E-state index in [9.17, 15) is 0 Å². The summed E-state index contributed by atoms with van der Waals surface area (Å²) in [6, 6.07) is 11.4. The number of aromatic nitrogens is 1. The van der Waals surface area contributed by atoms with Gasteiger partial charge in [-0.2, -0.15) is 0 Å². The molecule has 0 saturated heterocycles. The molecule has 3 rings (SSSR count). The average molecular weight is 358 g/mol. The van der Waals surface area contributed by atoms with Crippen LogP contribution in [0.25, 0.3) is 21.8 Å². The number of rotatable bonds is 0. The maximum Gasteiger partial charge on any atom is 0.0609 e. The van der Waals surface area contributed by atoms with Gasteiger partial charge in [-0.1, -0.05) is 47.6 Å². The van der Waals surface area contributed by atoms with E-state index in [1.807, 2.05) is 0 Å². The van der Waals surface area contributed by atoms with Crippen molar-refractivity contribution in [2.75, 3.05) is 0 Å². The zero-order chi connectivity index (χ0) is 16.3. The number of nitrogens with one attached hydrogen (secondary N) is 1. The number of halogens is 1. The van der Waals surface area contributed by atoms with Gasteiger partial charge in [-0.15, -0.1) is 0 Å². The molecule has 2 heteroatoms. The van der Waals surface area contributed by atoms with Gasteiger partial charge in [0.2, 0.25) is 0 Å². The molecular formula is C20H24BrN. The normalized spacial score (nSPS) is 13.2. The molecule has 0 saturated carbocycles. The van der Waals surface area contributed by atoms with Gasteiger partial charge < -0.3 is 4.98 Å². The van der Waals surface area contributed by atoms with Gasteiger partial charge in [-0.25, -0.2) is 0 Å². The summed E-state index contributed by atoms with van der Waals surface area (Å²) in [6.07, 6.45) is 0. The van der Waals surface area contributed by atoms with Gasteiger partial charge in [-0.3, -0.25) is 0 Å². The molecule has 3 aromatic rings. The molecule has 0 fully saturated rings. The number of fused-ring (bicyclic) bond motifs is 3. The smallest absolute Gasteiger partial charge is 0.0609 e. The van der Waals surface area contributed by atoms with Gasteiger partial charge in [0.25, 0.3) is 0 Å². The topological polar surface area (TPSA) is 15.8 Å². The zero-order valence-corrected chi connectivity index (χ0v) is 15.9. The van der Waals surface area contributed by atoms with Gasteiger partial charge in [0.1, 0.15) is 0 Å². The molecule has 0 radical (unpaired) electrons. The molecule has 0 atom stereocenters. The molecular weight excluding hydrogens is 334 g/mol. The van der Waals surface area contributed by atoms with Crippen LogP contribution in [0.4, 0.5) is 0 Å². The quantitative estimate of drug-likeness (QED) is 0.461. The second-order valence-electron chi connectivity index (χ2n) is 8.27. The van der Waals surface area contributed by atoms with E-state index < -0.39 is 0 Å². The Morgan fingerprint density at radius 3 is 1.95 bits per heavy atom. The van der Waals surface area contributed by atoms with E-state index in [2.05, 4.69) is 92.8 Å². The van der Waals surface area contributed by atoms with Crippen molar-refractivity contribution in [3.05, 3.63) is 45.9 Å². The number of hydrogen-bond acceptors (Lipinski definition) is 0. The summed E-state index contributed by atoms with van der Waals surface area (Å²) in [7, 11) is 0. The summed E-state index contributed by atoms with van der Waals surface area (Å²) in [6.45, 7) is 13.6. The van der Waals surface area contributed by atoms with Crippen LogP contribution in [0, 0.1) is 0 Å². The lowest BCUT2D eigenvalue weighted by Gasteiger charge is -2.20. The zero-order valence-electron chi connectivity index (χ0n) is 14.3. The molecule has 1 aromatic heterocycles. The third kappa shape index (κ3) is 2.58. The molecule has 1 nitrogen and oxygen atoms in total. The van der Waals surface area contributed by atoms with E-state index in [0.29, 0.717) is 0 Å². The van der Waals surface area contributed by atoms with Crippen LogP contribution in [0.2, 0.25) is 0 Å². The number of benzene rings is 2. The highest BCUT2D eigenvalue weighted by molar-refractivity contribution is 9.10. The summed E-state index contributed by atoms with van der Waals surface area (Å²) in [5.41, 5.74) is 5.43. The first kappa shape index (κ1) is 15.6. The fourth-order valence-electron chi connectivity index (χ4n) is 2.86. The van der Waals surface area contributed by atoms with Crippen molar-refractivity contribution in [1.82, 2.24) is 4.98 Å². The Bertz CT molecular complexity index is 857. The summed E-state index contributed by atoms with van der Waals surface area (Å²) in [5, 5.41) is 2.62. The molecule has 116 valence electrons. The molecule has 0 bridgehead atoms. The van der Waals surface area contributed by atoms with Crippen LogP contribution in [0.5, 0.6) is 0 Å². The lowest BCUT2D eigenvalue weighted by molar-refractivity contribution is 0.590. The van der Waals surface area contributed by atoms with E-state index >= 15 is 0 Å². The minimum absolute atomic E-state index is 0.141. The molecule has 22 heavy (non-hydrogen) atoms. The lowest BCUT2D eigenvalue weighted by atomic mass is 9.85. The Hall–Kier alpha value is -1.28. The number of H-pyrrole nitrogens is 1. The summed E-state index contributed by atoms with van der Waals surface area (Å²) < 4.78 is 1.14. The third-order valence-electron chi connectivity index (χ3n) is 4.39.